The van der Waals surface area contributed by atoms with Crippen molar-refractivity contribution >= 4 is 0 Å². The third-order valence-corrected chi connectivity index (χ3v) is 3.18. The molecule has 0 amide bonds. The Balaban J connectivity index is 1.42. The van der Waals surface area contributed by atoms with Crippen molar-refractivity contribution in [1.82, 2.24) is 15.1 Å². The van der Waals surface area contributed by atoms with Crippen molar-refractivity contribution in [1.29, 1.82) is 0 Å². The van der Waals surface area contributed by atoms with Crippen LogP contribution in [0.15, 0.2) is 42.6 Å². The fraction of sp³-hybridized carbons (Fsp3) is 0.400. The van der Waals surface area contributed by atoms with Crippen LogP contribution < -0.4 is 10.1 Å². The molecule has 0 saturated heterocycles. The Morgan fingerprint density at radius 2 is 2.05 bits per heavy atom. The highest BCUT2D eigenvalue weighted by molar-refractivity contribution is 5.20. The molecular formula is C15H19N3O. The maximum Gasteiger partial charge on any atom is 0.119 e. The van der Waals surface area contributed by atoms with E-state index in [4.69, 9.17) is 4.74 Å². The maximum atomic E-state index is 5.65. The molecule has 1 saturated carbocycles. The van der Waals surface area contributed by atoms with E-state index in [9.17, 15) is 0 Å². The average molecular weight is 257 g/mol. The quantitative estimate of drug-likeness (QED) is 0.826. The smallest absolute Gasteiger partial charge is 0.119 e. The second kappa shape index (κ2) is 5.89. The highest BCUT2D eigenvalue weighted by Crippen LogP contribution is 2.18. The van der Waals surface area contributed by atoms with Crippen molar-refractivity contribution in [2.75, 3.05) is 6.61 Å². The van der Waals surface area contributed by atoms with E-state index < -0.39 is 0 Å². The van der Waals surface area contributed by atoms with Crippen molar-refractivity contribution in [3.8, 4) is 5.75 Å². The van der Waals surface area contributed by atoms with E-state index in [1.165, 1.54) is 12.8 Å². The summed E-state index contributed by atoms with van der Waals surface area (Å²) in [4.78, 5) is 0. The molecule has 0 bridgehead atoms. The molecule has 2 aromatic rings. The lowest BCUT2D eigenvalue weighted by atomic mass is 10.3. The number of aromatic nitrogens is 2. The number of hydrogen-bond acceptors (Lipinski definition) is 3. The van der Waals surface area contributed by atoms with Crippen LogP contribution in [0, 0.1) is 0 Å². The van der Waals surface area contributed by atoms with Gasteiger partial charge in [-0.05, 0) is 31.0 Å². The number of hydrogen-bond donors (Lipinski definition) is 1. The van der Waals surface area contributed by atoms with E-state index in [-0.39, 0.29) is 0 Å². The number of nitrogens with one attached hydrogen (secondary N) is 1. The molecule has 1 heterocycles. The molecule has 4 heteroatoms. The standard InChI is InChI=1S/C15H19N3O/c1-2-4-15(5-3-1)19-11-10-18-9-8-14(17-18)12-16-13-6-7-13/h1-5,8-9,13,16H,6-7,10-12H2. The summed E-state index contributed by atoms with van der Waals surface area (Å²) >= 11 is 0. The first-order valence-corrected chi connectivity index (χ1v) is 6.84. The van der Waals surface area contributed by atoms with Gasteiger partial charge in [0.1, 0.15) is 12.4 Å². The summed E-state index contributed by atoms with van der Waals surface area (Å²) in [5.41, 5.74) is 1.10. The third-order valence-electron chi connectivity index (χ3n) is 3.18. The van der Waals surface area contributed by atoms with E-state index in [1.807, 2.05) is 41.2 Å². The fourth-order valence-electron chi connectivity index (χ4n) is 1.93. The minimum Gasteiger partial charge on any atom is -0.492 e. The summed E-state index contributed by atoms with van der Waals surface area (Å²) in [5.74, 6) is 0.908. The van der Waals surface area contributed by atoms with Gasteiger partial charge in [0.15, 0.2) is 0 Å². The van der Waals surface area contributed by atoms with Gasteiger partial charge in [-0.15, -0.1) is 0 Å². The molecule has 100 valence electrons. The number of benzene rings is 1. The number of para-hydroxylation sites is 1. The molecule has 0 atom stereocenters. The van der Waals surface area contributed by atoms with Crippen LogP contribution in [0.4, 0.5) is 0 Å². The lowest BCUT2D eigenvalue weighted by Gasteiger charge is -2.05. The highest BCUT2D eigenvalue weighted by atomic mass is 16.5. The predicted molar refractivity (Wildman–Crippen MR) is 74.0 cm³/mol. The summed E-state index contributed by atoms with van der Waals surface area (Å²) in [7, 11) is 0. The molecule has 1 aliphatic rings. The zero-order chi connectivity index (χ0) is 12.9. The minimum atomic E-state index is 0.640. The highest BCUT2D eigenvalue weighted by Gasteiger charge is 2.20. The molecule has 0 radical (unpaired) electrons. The van der Waals surface area contributed by atoms with Crippen LogP contribution in [0.25, 0.3) is 0 Å². The van der Waals surface area contributed by atoms with Crippen LogP contribution in [0.5, 0.6) is 5.75 Å². The van der Waals surface area contributed by atoms with Crippen LogP contribution in [0.3, 0.4) is 0 Å². The normalized spacial score (nSPS) is 14.5. The molecule has 1 N–H and O–H groups in total. The van der Waals surface area contributed by atoms with E-state index in [0.717, 1.165) is 30.6 Å². The first kappa shape index (κ1) is 12.2. The van der Waals surface area contributed by atoms with E-state index in [0.29, 0.717) is 6.61 Å². The van der Waals surface area contributed by atoms with E-state index in [1.54, 1.807) is 0 Å². The zero-order valence-corrected chi connectivity index (χ0v) is 11.0. The summed E-state index contributed by atoms with van der Waals surface area (Å²) < 4.78 is 7.59. The summed E-state index contributed by atoms with van der Waals surface area (Å²) in [5, 5.41) is 7.98. The molecule has 1 aromatic heterocycles. The minimum absolute atomic E-state index is 0.640. The van der Waals surface area contributed by atoms with Gasteiger partial charge in [0.25, 0.3) is 0 Å². The number of rotatable bonds is 7. The van der Waals surface area contributed by atoms with Crippen molar-refractivity contribution in [2.45, 2.75) is 32.0 Å². The number of nitrogens with zero attached hydrogens (tertiary/aromatic N) is 2. The number of ether oxygens (including phenoxy) is 1. The van der Waals surface area contributed by atoms with Gasteiger partial charge in [-0.2, -0.15) is 5.10 Å². The Kier molecular flexibility index (Phi) is 3.79. The van der Waals surface area contributed by atoms with Crippen molar-refractivity contribution < 1.29 is 4.74 Å². The lowest BCUT2D eigenvalue weighted by molar-refractivity contribution is 0.291. The van der Waals surface area contributed by atoms with Crippen LogP contribution in [0.2, 0.25) is 0 Å². The van der Waals surface area contributed by atoms with E-state index >= 15 is 0 Å². The molecule has 19 heavy (non-hydrogen) atoms. The second-order valence-electron chi connectivity index (χ2n) is 4.89. The molecule has 1 fully saturated rings. The molecule has 3 rings (SSSR count). The molecule has 0 unspecified atom stereocenters. The topological polar surface area (TPSA) is 39.1 Å². The maximum absolute atomic E-state index is 5.65. The molecule has 1 aliphatic carbocycles. The predicted octanol–water partition coefficient (Wildman–Crippen LogP) is 2.21. The van der Waals surface area contributed by atoms with Crippen LogP contribution >= 0.6 is 0 Å². The third kappa shape index (κ3) is 3.83. The Labute approximate surface area is 113 Å². The summed E-state index contributed by atoms with van der Waals surface area (Å²) in [6.45, 7) is 2.29. The Morgan fingerprint density at radius 3 is 2.84 bits per heavy atom. The SMILES string of the molecule is c1ccc(OCCn2ccc(CNC3CC3)n2)cc1. The molecule has 0 aliphatic heterocycles. The molecule has 0 spiro atoms. The molecule has 1 aromatic carbocycles. The van der Waals surface area contributed by atoms with Crippen molar-refractivity contribution in [3.63, 3.8) is 0 Å². The Morgan fingerprint density at radius 1 is 1.21 bits per heavy atom. The fourth-order valence-corrected chi connectivity index (χ4v) is 1.93. The summed E-state index contributed by atoms with van der Waals surface area (Å²) in [6.07, 6.45) is 4.63. The summed E-state index contributed by atoms with van der Waals surface area (Å²) in [6, 6.07) is 12.7. The van der Waals surface area contributed by atoms with Crippen molar-refractivity contribution in [3.05, 3.63) is 48.3 Å². The van der Waals surface area contributed by atoms with Crippen LogP contribution in [-0.2, 0) is 13.1 Å². The van der Waals surface area contributed by atoms with Crippen molar-refractivity contribution in [2.24, 2.45) is 0 Å². The Hall–Kier alpha value is -1.81. The van der Waals surface area contributed by atoms with Gasteiger partial charge in [-0.3, -0.25) is 4.68 Å². The van der Waals surface area contributed by atoms with Gasteiger partial charge in [-0.25, -0.2) is 0 Å². The first-order valence-electron chi connectivity index (χ1n) is 6.84. The van der Waals surface area contributed by atoms with Gasteiger partial charge in [0.2, 0.25) is 0 Å². The lowest BCUT2D eigenvalue weighted by Crippen LogP contribution is -2.16. The largest absolute Gasteiger partial charge is 0.492 e. The van der Waals surface area contributed by atoms with E-state index in [2.05, 4.69) is 16.5 Å². The second-order valence-corrected chi connectivity index (χ2v) is 4.89. The zero-order valence-electron chi connectivity index (χ0n) is 11.0. The van der Waals surface area contributed by atoms with Crippen LogP contribution in [0.1, 0.15) is 18.5 Å². The van der Waals surface area contributed by atoms with Crippen LogP contribution in [-0.4, -0.2) is 22.4 Å². The Bertz CT molecular complexity index is 505. The monoisotopic (exact) mass is 257 g/mol. The first-order chi connectivity index (χ1) is 9.40. The van der Waals surface area contributed by atoms with Gasteiger partial charge in [-0.1, -0.05) is 18.2 Å². The van der Waals surface area contributed by atoms with Gasteiger partial charge in [0.05, 0.1) is 12.2 Å². The molecular weight excluding hydrogens is 238 g/mol. The van der Waals surface area contributed by atoms with Gasteiger partial charge < -0.3 is 10.1 Å². The van der Waals surface area contributed by atoms with Gasteiger partial charge in [0, 0.05) is 18.8 Å². The molecule has 4 nitrogen and oxygen atoms in total. The average Bonchev–Trinajstić information content (AvgIpc) is 3.17. The van der Waals surface area contributed by atoms with Gasteiger partial charge >= 0.3 is 0 Å².